The van der Waals surface area contributed by atoms with Crippen LogP contribution in [0.2, 0.25) is 0 Å². The molecular formula is C21H30N4O2S2. The molecule has 0 atom stereocenters. The van der Waals surface area contributed by atoms with Gasteiger partial charge in [-0.25, -0.2) is 13.4 Å². The van der Waals surface area contributed by atoms with Crippen molar-refractivity contribution in [3.63, 3.8) is 0 Å². The van der Waals surface area contributed by atoms with Crippen LogP contribution in [0, 0.1) is 6.92 Å². The summed E-state index contributed by atoms with van der Waals surface area (Å²) in [5, 5.41) is 6.54. The Morgan fingerprint density at radius 1 is 1.07 bits per heavy atom. The summed E-state index contributed by atoms with van der Waals surface area (Å²) >= 11 is 1.33. The van der Waals surface area contributed by atoms with E-state index in [2.05, 4.69) is 46.8 Å². The highest BCUT2D eigenvalue weighted by atomic mass is 32.2. The number of aliphatic imine (C=N–C) groups is 1. The number of sulfonamides is 1. The number of nitrogens with one attached hydrogen (secondary N) is 2. The molecule has 0 saturated carbocycles. The van der Waals surface area contributed by atoms with Crippen molar-refractivity contribution < 1.29 is 8.42 Å². The molecule has 0 amide bonds. The quantitative estimate of drug-likeness (QED) is 0.517. The average molecular weight is 435 g/mol. The molecule has 0 unspecified atom stereocenters. The van der Waals surface area contributed by atoms with Crippen LogP contribution in [0.25, 0.3) is 0 Å². The Hall–Kier alpha value is -1.90. The van der Waals surface area contributed by atoms with Crippen LogP contribution >= 0.6 is 11.3 Å². The predicted octanol–water partition coefficient (Wildman–Crippen LogP) is 3.49. The van der Waals surface area contributed by atoms with Crippen molar-refractivity contribution in [2.45, 2.75) is 50.4 Å². The number of piperidine rings is 1. The monoisotopic (exact) mass is 434 g/mol. The van der Waals surface area contributed by atoms with Gasteiger partial charge < -0.3 is 10.6 Å². The van der Waals surface area contributed by atoms with Crippen molar-refractivity contribution >= 4 is 27.3 Å². The van der Waals surface area contributed by atoms with Crippen LogP contribution in [-0.4, -0.2) is 38.3 Å². The normalized spacial score (nSPS) is 16.0. The summed E-state index contributed by atoms with van der Waals surface area (Å²) in [6.45, 7) is 7.25. The highest BCUT2D eigenvalue weighted by Crippen LogP contribution is 2.27. The maximum atomic E-state index is 12.8. The lowest BCUT2D eigenvalue weighted by molar-refractivity contribution is 0.347. The van der Waals surface area contributed by atoms with Gasteiger partial charge in [-0.3, -0.25) is 0 Å². The van der Waals surface area contributed by atoms with E-state index in [-0.39, 0.29) is 0 Å². The van der Waals surface area contributed by atoms with Crippen molar-refractivity contribution in [3.05, 3.63) is 52.4 Å². The van der Waals surface area contributed by atoms with Crippen molar-refractivity contribution in [1.82, 2.24) is 14.9 Å². The first kappa shape index (κ1) is 21.8. The lowest BCUT2D eigenvalue weighted by atomic mass is 10.1. The van der Waals surface area contributed by atoms with Gasteiger partial charge in [0.05, 0.1) is 13.1 Å². The Balaban J connectivity index is 1.61. The Morgan fingerprint density at radius 3 is 2.48 bits per heavy atom. The van der Waals surface area contributed by atoms with E-state index in [4.69, 9.17) is 0 Å². The van der Waals surface area contributed by atoms with Crippen LogP contribution in [0.15, 0.2) is 45.6 Å². The zero-order chi connectivity index (χ0) is 20.7. The fourth-order valence-electron chi connectivity index (χ4n) is 3.20. The molecular weight excluding hydrogens is 404 g/mol. The Morgan fingerprint density at radius 2 is 1.79 bits per heavy atom. The van der Waals surface area contributed by atoms with E-state index in [1.54, 1.807) is 10.4 Å². The van der Waals surface area contributed by atoms with Gasteiger partial charge in [0, 0.05) is 24.5 Å². The molecule has 2 aromatic rings. The zero-order valence-electron chi connectivity index (χ0n) is 17.1. The maximum absolute atomic E-state index is 12.8. The maximum Gasteiger partial charge on any atom is 0.252 e. The van der Waals surface area contributed by atoms with E-state index in [9.17, 15) is 8.42 Å². The Labute approximate surface area is 178 Å². The Kier molecular flexibility index (Phi) is 7.69. The van der Waals surface area contributed by atoms with E-state index < -0.39 is 10.0 Å². The van der Waals surface area contributed by atoms with Crippen LogP contribution in [0.3, 0.4) is 0 Å². The molecule has 0 aliphatic carbocycles. The highest BCUT2D eigenvalue weighted by Gasteiger charge is 2.27. The van der Waals surface area contributed by atoms with Gasteiger partial charge in [0.1, 0.15) is 4.21 Å². The number of benzene rings is 1. The molecule has 3 rings (SSSR count). The molecule has 1 aromatic carbocycles. The Bertz CT molecular complexity index is 914. The zero-order valence-corrected chi connectivity index (χ0v) is 18.8. The summed E-state index contributed by atoms with van der Waals surface area (Å²) in [5.74, 6) is 0.724. The number of hydrogen-bond acceptors (Lipinski definition) is 4. The number of hydrogen-bond donors (Lipinski definition) is 2. The highest BCUT2D eigenvalue weighted by molar-refractivity contribution is 7.91. The lowest BCUT2D eigenvalue weighted by Crippen LogP contribution is -2.36. The summed E-state index contributed by atoms with van der Waals surface area (Å²) in [7, 11) is -3.36. The minimum atomic E-state index is -3.36. The van der Waals surface area contributed by atoms with E-state index >= 15 is 0 Å². The van der Waals surface area contributed by atoms with Crippen LogP contribution in [-0.2, 0) is 23.1 Å². The molecule has 29 heavy (non-hydrogen) atoms. The molecule has 1 saturated heterocycles. The largest absolute Gasteiger partial charge is 0.357 e. The van der Waals surface area contributed by atoms with Crippen molar-refractivity contribution in [1.29, 1.82) is 0 Å². The molecule has 1 aliphatic rings. The third-order valence-corrected chi connectivity index (χ3v) is 8.31. The van der Waals surface area contributed by atoms with Gasteiger partial charge in [0.2, 0.25) is 0 Å². The summed E-state index contributed by atoms with van der Waals surface area (Å²) in [6, 6.07) is 11.9. The van der Waals surface area contributed by atoms with E-state index in [0.717, 1.165) is 42.2 Å². The second-order valence-corrected chi connectivity index (χ2v) is 10.6. The van der Waals surface area contributed by atoms with E-state index in [1.807, 2.05) is 13.0 Å². The minimum Gasteiger partial charge on any atom is -0.357 e. The molecule has 2 N–H and O–H groups in total. The van der Waals surface area contributed by atoms with Crippen LogP contribution in [0.4, 0.5) is 0 Å². The SMILES string of the molecule is CCNC(=NCc1ccc(C)cc1)NCc1ccc(S(=O)(=O)N2CCCCC2)s1. The standard InChI is InChI=1S/C21H30N4O2S2/c1-3-22-21(23-15-18-9-7-17(2)8-10-18)24-16-19-11-12-20(28-19)29(26,27)25-13-5-4-6-14-25/h7-12H,3-6,13-16H2,1-2H3,(H2,22,23,24). The van der Waals surface area contributed by atoms with E-state index in [0.29, 0.717) is 30.4 Å². The fourth-order valence-corrected chi connectivity index (χ4v) is 6.17. The fraction of sp³-hybridized carbons (Fsp3) is 0.476. The summed E-state index contributed by atoms with van der Waals surface area (Å²) < 4.78 is 27.7. The van der Waals surface area contributed by atoms with Gasteiger partial charge in [-0.2, -0.15) is 4.31 Å². The summed E-state index contributed by atoms with van der Waals surface area (Å²) in [4.78, 5) is 5.60. The summed E-state index contributed by atoms with van der Waals surface area (Å²) in [5.41, 5.74) is 2.38. The molecule has 0 radical (unpaired) electrons. The molecule has 6 nitrogen and oxygen atoms in total. The number of nitrogens with zero attached hydrogens (tertiary/aromatic N) is 2. The van der Waals surface area contributed by atoms with Gasteiger partial charge >= 0.3 is 0 Å². The van der Waals surface area contributed by atoms with Gasteiger partial charge in [-0.1, -0.05) is 36.2 Å². The smallest absolute Gasteiger partial charge is 0.252 e. The molecule has 1 fully saturated rings. The number of aryl methyl sites for hydroxylation is 1. The van der Waals surface area contributed by atoms with Crippen molar-refractivity contribution in [2.24, 2.45) is 4.99 Å². The molecule has 1 aliphatic heterocycles. The van der Waals surface area contributed by atoms with Gasteiger partial charge in [-0.15, -0.1) is 11.3 Å². The topological polar surface area (TPSA) is 73.8 Å². The number of rotatable bonds is 7. The van der Waals surface area contributed by atoms with Crippen LogP contribution < -0.4 is 10.6 Å². The van der Waals surface area contributed by atoms with Crippen molar-refractivity contribution in [3.8, 4) is 0 Å². The van der Waals surface area contributed by atoms with Crippen molar-refractivity contribution in [2.75, 3.05) is 19.6 Å². The second kappa shape index (κ2) is 10.2. The molecule has 158 valence electrons. The predicted molar refractivity (Wildman–Crippen MR) is 120 cm³/mol. The molecule has 1 aromatic heterocycles. The molecule has 0 spiro atoms. The van der Waals surface area contributed by atoms with Gasteiger partial charge in [0.15, 0.2) is 5.96 Å². The third kappa shape index (κ3) is 6.04. The summed E-state index contributed by atoms with van der Waals surface area (Å²) in [6.07, 6.45) is 3.01. The number of thiophene rings is 1. The van der Waals surface area contributed by atoms with Gasteiger partial charge in [-0.05, 0) is 44.4 Å². The van der Waals surface area contributed by atoms with E-state index in [1.165, 1.54) is 16.9 Å². The second-order valence-electron chi connectivity index (χ2n) is 7.22. The molecule has 0 bridgehead atoms. The third-order valence-electron chi connectivity index (χ3n) is 4.86. The van der Waals surface area contributed by atoms with Crippen LogP contribution in [0.5, 0.6) is 0 Å². The average Bonchev–Trinajstić information content (AvgIpc) is 3.22. The molecule has 2 heterocycles. The first-order valence-electron chi connectivity index (χ1n) is 10.2. The van der Waals surface area contributed by atoms with Gasteiger partial charge in [0.25, 0.3) is 10.0 Å². The molecule has 8 heteroatoms. The first-order chi connectivity index (χ1) is 14.0. The lowest BCUT2D eigenvalue weighted by Gasteiger charge is -2.25. The minimum absolute atomic E-state index is 0.429. The van der Waals surface area contributed by atoms with Crippen LogP contribution in [0.1, 0.15) is 42.2 Å². The first-order valence-corrected chi connectivity index (χ1v) is 12.4. The number of guanidine groups is 1.